The molecule has 0 radical (unpaired) electrons. The molecule has 146 valence electrons. The van der Waals surface area contributed by atoms with Gasteiger partial charge in [0, 0.05) is 4.88 Å². The number of nitrogens with one attached hydrogen (secondary N) is 1. The zero-order chi connectivity index (χ0) is 20.2. The predicted octanol–water partition coefficient (Wildman–Crippen LogP) is 6.29. The van der Waals surface area contributed by atoms with Gasteiger partial charge in [-0.25, -0.2) is 0 Å². The van der Waals surface area contributed by atoms with E-state index in [4.69, 9.17) is 9.41 Å². The van der Waals surface area contributed by atoms with Crippen molar-refractivity contribution in [2.75, 3.05) is 0 Å². The van der Waals surface area contributed by atoms with E-state index in [1.807, 2.05) is 32.1 Å². The van der Waals surface area contributed by atoms with E-state index in [9.17, 15) is 5.26 Å². The molecule has 2 rings (SSSR count). The maximum absolute atomic E-state index is 9.43. The van der Waals surface area contributed by atoms with Crippen molar-refractivity contribution in [2.45, 2.75) is 67.3 Å². The van der Waals surface area contributed by atoms with Crippen LogP contribution in [0.1, 0.15) is 67.2 Å². The fourth-order valence-electron chi connectivity index (χ4n) is 2.49. The van der Waals surface area contributed by atoms with Crippen LogP contribution in [0.3, 0.4) is 0 Å². The van der Waals surface area contributed by atoms with Gasteiger partial charge in [0.2, 0.25) is 0 Å². The van der Waals surface area contributed by atoms with E-state index >= 15 is 0 Å². The summed E-state index contributed by atoms with van der Waals surface area (Å²) in [5.41, 5.74) is 3.08. The lowest BCUT2D eigenvalue weighted by Gasteiger charge is -2.09. The van der Waals surface area contributed by atoms with Crippen molar-refractivity contribution in [2.24, 2.45) is 4.99 Å². The van der Waals surface area contributed by atoms with Gasteiger partial charge in [0.15, 0.2) is 0 Å². The standard InChI is InChI=1S/C20H25N3OS.C2H6/c1-5-7-9-16(12-21)23-20(22-13-17-10-8-11-24-17)19-15(4)14(3)18(6-2)25-19;1-2/h8-11H,5-7,13H2,1-4H3,(H,22,23);1-2H3/b16-9+;. The molecule has 0 amide bonds. The third-order valence-electron chi connectivity index (χ3n) is 4.07. The van der Waals surface area contributed by atoms with Gasteiger partial charge in [-0.15, -0.1) is 11.3 Å². The Morgan fingerprint density at radius 3 is 2.56 bits per heavy atom. The summed E-state index contributed by atoms with van der Waals surface area (Å²) >= 11 is 1.75. The van der Waals surface area contributed by atoms with Gasteiger partial charge in [-0.05, 0) is 56.0 Å². The number of rotatable bonds is 7. The Kier molecular flexibility index (Phi) is 10.2. The fourth-order valence-corrected chi connectivity index (χ4v) is 3.70. The van der Waals surface area contributed by atoms with Crippen LogP contribution in [0.15, 0.2) is 39.6 Å². The summed E-state index contributed by atoms with van der Waals surface area (Å²) in [6.45, 7) is 13.0. The molecule has 27 heavy (non-hydrogen) atoms. The fraction of sp³-hybridized carbons (Fsp3) is 0.455. The Morgan fingerprint density at radius 1 is 1.30 bits per heavy atom. The molecule has 0 saturated carbocycles. The van der Waals surface area contributed by atoms with Crippen LogP contribution >= 0.6 is 11.3 Å². The summed E-state index contributed by atoms with van der Waals surface area (Å²) in [5, 5.41) is 12.7. The molecule has 0 aromatic carbocycles. The molecule has 2 aromatic heterocycles. The van der Waals surface area contributed by atoms with Gasteiger partial charge in [0.1, 0.15) is 23.4 Å². The van der Waals surface area contributed by atoms with Crippen molar-refractivity contribution in [3.05, 3.63) is 56.8 Å². The van der Waals surface area contributed by atoms with Gasteiger partial charge in [-0.3, -0.25) is 4.99 Å². The summed E-state index contributed by atoms with van der Waals surface area (Å²) in [6.07, 6.45) is 6.45. The summed E-state index contributed by atoms with van der Waals surface area (Å²) in [4.78, 5) is 7.17. The average Bonchev–Trinajstić information content (AvgIpc) is 3.32. The molecular weight excluding hydrogens is 354 g/mol. The monoisotopic (exact) mass is 385 g/mol. The Labute approximate surface area is 167 Å². The Balaban J connectivity index is 0.00000176. The minimum atomic E-state index is 0.444. The minimum Gasteiger partial charge on any atom is -0.467 e. The summed E-state index contributed by atoms with van der Waals surface area (Å²) in [5.74, 6) is 1.54. The average molecular weight is 386 g/mol. The first kappa shape index (κ1) is 22.7. The predicted molar refractivity (Wildman–Crippen MR) is 115 cm³/mol. The highest BCUT2D eigenvalue weighted by Crippen LogP contribution is 2.28. The van der Waals surface area contributed by atoms with Crippen molar-refractivity contribution >= 4 is 17.2 Å². The largest absolute Gasteiger partial charge is 0.467 e. The minimum absolute atomic E-state index is 0.444. The van der Waals surface area contributed by atoms with Crippen LogP contribution in [-0.4, -0.2) is 5.84 Å². The van der Waals surface area contributed by atoms with E-state index in [0.717, 1.165) is 35.7 Å². The third-order valence-corrected chi connectivity index (χ3v) is 5.61. The number of aryl methyl sites for hydroxylation is 1. The van der Waals surface area contributed by atoms with E-state index in [2.05, 4.69) is 39.1 Å². The van der Waals surface area contributed by atoms with Crippen LogP contribution in [0.5, 0.6) is 0 Å². The molecule has 0 fully saturated rings. The molecule has 2 aromatic rings. The van der Waals surface area contributed by atoms with E-state index in [1.54, 1.807) is 17.6 Å². The zero-order valence-corrected chi connectivity index (χ0v) is 18.2. The quantitative estimate of drug-likeness (QED) is 0.346. The topological polar surface area (TPSA) is 61.3 Å². The van der Waals surface area contributed by atoms with Crippen LogP contribution in [0.4, 0.5) is 0 Å². The number of nitriles is 1. The number of allylic oxidation sites excluding steroid dienone is 2. The number of furan rings is 1. The van der Waals surface area contributed by atoms with E-state index in [0.29, 0.717) is 12.2 Å². The van der Waals surface area contributed by atoms with Crippen LogP contribution in [0.25, 0.3) is 0 Å². The normalized spacial score (nSPS) is 11.6. The van der Waals surface area contributed by atoms with Crippen LogP contribution in [0.2, 0.25) is 0 Å². The highest BCUT2D eigenvalue weighted by atomic mass is 32.1. The maximum atomic E-state index is 9.43. The van der Waals surface area contributed by atoms with Gasteiger partial charge in [-0.1, -0.05) is 34.1 Å². The Bertz CT molecular complexity index is 792. The Morgan fingerprint density at radius 2 is 2.04 bits per heavy atom. The molecular formula is C22H31N3OS. The molecule has 5 heteroatoms. The highest BCUT2D eigenvalue weighted by Gasteiger charge is 2.16. The second kappa shape index (κ2) is 12.1. The molecule has 0 atom stereocenters. The number of nitrogens with zero attached hydrogens (tertiary/aromatic N) is 2. The van der Waals surface area contributed by atoms with Gasteiger partial charge >= 0.3 is 0 Å². The first-order valence-corrected chi connectivity index (χ1v) is 10.5. The molecule has 0 bridgehead atoms. The van der Waals surface area contributed by atoms with Crippen molar-refractivity contribution in [3.63, 3.8) is 0 Å². The Hall–Kier alpha value is -2.32. The molecule has 0 aliphatic rings. The van der Waals surface area contributed by atoms with E-state index in [-0.39, 0.29) is 0 Å². The lowest BCUT2D eigenvalue weighted by Crippen LogP contribution is -2.23. The van der Waals surface area contributed by atoms with E-state index < -0.39 is 0 Å². The molecule has 0 saturated heterocycles. The molecule has 1 N–H and O–H groups in total. The molecule has 2 heterocycles. The van der Waals surface area contributed by atoms with Gasteiger partial charge < -0.3 is 9.73 Å². The van der Waals surface area contributed by atoms with Gasteiger partial charge in [-0.2, -0.15) is 5.26 Å². The van der Waals surface area contributed by atoms with E-state index in [1.165, 1.54) is 16.0 Å². The number of unbranched alkanes of at least 4 members (excludes halogenated alkanes) is 1. The number of hydrogen-bond donors (Lipinski definition) is 1. The van der Waals surface area contributed by atoms with Gasteiger partial charge in [0.05, 0.1) is 17.7 Å². The van der Waals surface area contributed by atoms with Crippen LogP contribution in [-0.2, 0) is 13.0 Å². The van der Waals surface area contributed by atoms with Crippen molar-refractivity contribution in [1.29, 1.82) is 5.26 Å². The van der Waals surface area contributed by atoms with Gasteiger partial charge in [0.25, 0.3) is 0 Å². The highest BCUT2D eigenvalue weighted by molar-refractivity contribution is 7.14. The zero-order valence-electron chi connectivity index (χ0n) is 17.3. The molecule has 4 nitrogen and oxygen atoms in total. The number of thiophene rings is 1. The lowest BCUT2D eigenvalue weighted by molar-refractivity contribution is 0.512. The molecule has 0 spiro atoms. The van der Waals surface area contributed by atoms with Crippen LogP contribution in [0, 0.1) is 25.2 Å². The van der Waals surface area contributed by atoms with Crippen molar-refractivity contribution in [1.82, 2.24) is 5.32 Å². The number of aliphatic imine (C=N–C) groups is 1. The van der Waals surface area contributed by atoms with Crippen molar-refractivity contribution in [3.8, 4) is 6.07 Å². The first-order chi connectivity index (χ1) is 13.1. The molecule has 0 aliphatic heterocycles. The summed E-state index contributed by atoms with van der Waals surface area (Å²) in [6, 6.07) is 6.00. The second-order valence-electron chi connectivity index (χ2n) is 5.85. The maximum Gasteiger partial charge on any atom is 0.144 e. The SMILES string of the molecule is CC.CCC/C=C(\C#N)NC(=NCc1ccco1)c1sc(CC)c(C)c1C. The first-order valence-electron chi connectivity index (χ1n) is 9.64. The molecule has 0 unspecified atom stereocenters. The smallest absolute Gasteiger partial charge is 0.144 e. The number of hydrogen-bond acceptors (Lipinski definition) is 4. The molecule has 0 aliphatic carbocycles. The number of amidine groups is 1. The van der Waals surface area contributed by atoms with Crippen molar-refractivity contribution < 1.29 is 4.42 Å². The summed E-state index contributed by atoms with van der Waals surface area (Å²) < 4.78 is 5.39. The second-order valence-corrected chi connectivity index (χ2v) is 6.95. The lowest BCUT2D eigenvalue weighted by atomic mass is 10.1. The van der Waals surface area contributed by atoms with Crippen LogP contribution < -0.4 is 5.32 Å². The third kappa shape index (κ3) is 6.41. The summed E-state index contributed by atoms with van der Waals surface area (Å²) in [7, 11) is 0.